The Balaban J connectivity index is 2.60. The number of carbonyl (C=O) groups excluding carboxylic acids is 3. The van der Waals surface area contributed by atoms with Gasteiger partial charge in [0.15, 0.2) is 0 Å². The van der Waals surface area contributed by atoms with Gasteiger partial charge < -0.3 is 20.7 Å². The lowest BCUT2D eigenvalue weighted by Crippen LogP contribution is -2.51. The number of benzene rings is 1. The van der Waals surface area contributed by atoms with Gasteiger partial charge in [0.05, 0.1) is 6.54 Å². The number of ether oxygens (including phenoxy) is 1. The van der Waals surface area contributed by atoms with Crippen molar-refractivity contribution in [1.82, 2.24) is 10.6 Å². The van der Waals surface area contributed by atoms with E-state index in [4.69, 9.17) is 4.74 Å². The van der Waals surface area contributed by atoms with Crippen LogP contribution in [0, 0.1) is 0 Å². The summed E-state index contributed by atoms with van der Waals surface area (Å²) < 4.78 is 6.05. The van der Waals surface area contributed by atoms with Gasteiger partial charge in [-0.3, -0.25) is 9.59 Å². The predicted octanol–water partition coefficient (Wildman–Crippen LogP) is 3.20. The fourth-order valence-electron chi connectivity index (χ4n) is 2.26. The van der Waals surface area contributed by atoms with Crippen molar-refractivity contribution in [2.24, 2.45) is 0 Å². The molecule has 3 N–H and O–H groups in total. The van der Waals surface area contributed by atoms with E-state index in [1.165, 1.54) is 6.92 Å². The Bertz CT molecular complexity index is 632. The van der Waals surface area contributed by atoms with Gasteiger partial charge in [-0.25, -0.2) is 4.79 Å². The number of amides is 3. The van der Waals surface area contributed by atoms with Gasteiger partial charge in [-0.1, -0.05) is 29.3 Å². The largest absolute Gasteiger partial charge is 0.458 e. The number of carbonyl (C=O) groups is 3. The van der Waals surface area contributed by atoms with Crippen molar-refractivity contribution in [3.05, 3.63) is 28.7 Å². The third-order valence-electron chi connectivity index (χ3n) is 3.41. The first-order chi connectivity index (χ1) is 12.1. The molecule has 144 valence electrons. The Hall–Kier alpha value is -2.09. The first-order valence-corrected chi connectivity index (χ1v) is 9.22. The summed E-state index contributed by atoms with van der Waals surface area (Å²) in [5, 5.41) is 8.09. The smallest absolute Gasteiger partial charge is 0.319 e. The summed E-state index contributed by atoms with van der Waals surface area (Å²) in [6.07, 6.45) is 1.22. The summed E-state index contributed by atoms with van der Waals surface area (Å²) in [5.41, 5.74) is -0.199. The average molecular weight is 428 g/mol. The zero-order valence-corrected chi connectivity index (χ0v) is 17.1. The molecule has 7 nitrogen and oxygen atoms in total. The standard InChI is InChI=1S/C18H26BrN3O4/c1-5-6-15(16(24)20-11-18(3,4)26-12(2)23)22-17(25)21-14-9-7-13(19)8-10-14/h7-10,15H,5-6,11H2,1-4H3,(H,20,24)(H2,21,22,25). The lowest BCUT2D eigenvalue weighted by Gasteiger charge is -2.26. The molecule has 1 atom stereocenters. The molecule has 3 amide bonds. The molecule has 0 spiro atoms. The van der Waals surface area contributed by atoms with E-state index in [1.54, 1.807) is 26.0 Å². The molecule has 8 heteroatoms. The van der Waals surface area contributed by atoms with Crippen LogP contribution in [0.3, 0.4) is 0 Å². The Kier molecular flexibility index (Phi) is 8.57. The van der Waals surface area contributed by atoms with Crippen molar-refractivity contribution in [2.75, 3.05) is 11.9 Å². The number of anilines is 1. The second-order valence-corrected chi connectivity index (χ2v) is 7.43. The molecule has 1 aromatic carbocycles. The predicted molar refractivity (Wildman–Crippen MR) is 104 cm³/mol. The van der Waals surface area contributed by atoms with Gasteiger partial charge >= 0.3 is 12.0 Å². The second-order valence-electron chi connectivity index (χ2n) is 6.52. The summed E-state index contributed by atoms with van der Waals surface area (Å²) in [7, 11) is 0. The third kappa shape index (κ3) is 8.33. The van der Waals surface area contributed by atoms with Crippen LogP contribution in [0.25, 0.3) is 0 Å². The molecule has 0 radical (unpaired) electrons. The molecule has 0 aliphatic rings. The topological polar surface area (TPSA) is 96.5 Å². The van der Waals surface area contributed by atoms with E-state index in [2.05, 4.69) is 31.9 Å². The lowest BCUT2D eigenvalue weighted by atomic mass is 10.1. The zero-order chi connectivity index (χ0) is 19.7. The number of hydrogen-bond donors (Lipinski definition) is 3. The van der Waals surface area contributed by atoms with Crippen LogP contribution in [0.4, 0.5) is 10.5 Å². The van der Waals surface area contributed by atoms with E-state index >= 15 is 0 Å². The zero-order valence-electron chi connectivity index (χ0n) is 15.5. The number of halogens is 1. The van der Waals surface area contributed by atoms with Gasteiger partial charge in [0.1, 0.15) is 11.6 Å². The van der Waals surface area contributed by atoms with Gasteiger partial charge in [-0.2, -0.15) is 0 Å². The number of rotatable bonds is 8. The minimum atomic E-state index is -0.821. The van der Waals surface area contributed by atoms with Gasteiger partial charge in [-0.15, -0.1) is 0 Å². The molecule has 1 unspecified atom stereocenters. The van der Waals surface area contributed by atoms with Crippen molar-refractivity contribution in [1.29, 1.82) is 0 Å². The molecule has 1 rings (SSSR count). The summed E-state index contributed by atoms with van der Waals surface area (Å²) in [5.74, 6) is -0.737. The Morgan fingerprint density at radius 2 is 1.81 bits per heavy atom. The normalized spacial score (nSPS) is 12.0. The first-order valence-electron chi connectivity index (χ1n) is 8.43. The first kappa shape index (κ1) is 22.0. The van der Waals surface area contributed by atoms with Crippen LogP contribution < -0.4 is 16.0 Å². The minimum absolute atomic E-state index is 0.154. The van der Waals surface area contributed by atoms with Crippen molar-refractivity contribution in [3.8, 4) is 0 Å². The Morgan fingerprint density at radius 3 is 2.35 bits per heavy atom. The van der Waals surface area contributed by atoms with E-state index in [0.717, 1.165) is 10.9 Å². The van der Waals surface area contributed by atoms with Crippen molar-refractivity contribution >= 4 is 39.5 Å². The molecule has 0 saturated carbocycles. The van der Waals surface area contributed by atoms with Crippen LogP contribution >= 0.6 is 15.9 Å². The minimum Gasteiger partial charge on any atom is -0.458 e. The van der Waals surface area contributed by atoms with Gasteiger partial charge in [0, 0.05) is 17.1 Å². The van der Waals surface area contributed by atoms with Crippen LogP contribution in [-0.2, 0) is 14.3 Å². The number of hydrogen-bond acceptors (Lipinski definition) is 4. The molecule has 26 heavy (non-hydrogen) atoms. The van der Waals surface area contributed by atoms with E-state index < -0.39 is 23.6 Å². The van der Waals surface area contributed by atoms with Crippen molar-refractivity contribution in [3.63, 3.8) is 0 Å². The highest BCUT2D eigenvalue weighted by Gasteiger charge is 2.25. The highest BCUT2D eigenvalue weighted by atomic mass is 79.9. The highest BCUT2D eigenvalue weighted by molar-refractivity contribution is 9.10. The van der Waals surface area contributed by atoms with Gasteiger partial charge in [0.2, 0.25) is 5.91 Å². The monoisotopic (exact) mass is 427 g/mol. The maximum absolute atomic E-state index is 12.4. The fraction of sp³-hybridized carbons (Fsp3) is 0.500. The summed E-state index contributed by atoms with van der Waals surface area (Å²) in [4.78, 5) is 35.6. The maximum atomic E-state index is 12.4. The fourth-order valence-corrected chi connectivity index (χ4v) is 2.53. The third-order valence-corrected chi connectivity index (χ3v) is 3.94. The number of esters is 1. The maximum Gasteiger partial charge on any atom is 0.319 e. The second kappa shape index (κ2) is 10.2. The quantitative estimate of drug-likeness (QED) is 0.554. The van der Waals surface area contributed by atoms with Crippen LogP contribution in [0.5, 0.6) is 0 Å². The Labute approximate surface area is 162 Å². The average Bonchev–Trinajstić information content (AvgIpc) is 2.53. The van der Waals surface area contributed by atoms with Gasteiger partial charge in [-0.05, 0) is 44.5 Å². The highest BCUT2D eigenvalue weighted by Crippen LogP contribution is 2.14. The molecule has 0 heterocycles. The van der Waals surface area contributed by atoms with Crippen molar-refractivity contribution < 1.29 is 19.1 Å². The van der Waals surface area contributed by atoms with E-state index in [9.17, 15) is 14.4 Å². The summed E-state index contributed by atoms with van der Waals surface area (Å²) in [6.45, 7) is 6.81. The number of urea groups is 1. The molecule has 1 aromatic rings. The van der Waals surface area contributed by atoms with Crippen LogP contribution in [0.1, 0.15) is 40.5 Å². The molecule has 0 aliphatic carbocycles. The van der Waals surface area contributed by atoms with Crippen LogP contribution in [-0.4, -0.2) is 36.1 Å². The van der Waals surface area contributed by atoms with E-state index in [1.807, 2.05) is 19.1 Å². The van der Waals surface area contributed by atoms with Crippen LogP contribution in [0.15, 0.2) is 28.7 Å². The van der Waals surface area contributed by atoms with E-state index in [0.29, 0.717) is 12.1 Å². The molecular weight excluding hydrogens is 402 g/mol. The number of nitrogens with one attached hydrogen (secondary N) is 3. The molecule has 0 saturated heterocycles. The van der Waals surface area contributed by atoms with Crippen LogP contribution in [0.2, 0.25) is 0 Å². The Morgan fingerprint density at radius 1 is 1.19 bits per heavy atom. The molecular formula is C18H26BrN3O4. The molecule has 0 aromatic heterocycles. The molecule has 0 fully saturated rings. The summed E-state index contributed by atoms with van der Waals surface area (Å²) >= 11 is 3.33. The SMILES string of the molecule is CCCC(NC(=O)Nc1ccc(Br)cc1)C(=O)NCC(C)(C)OC(C)=O. The summed E-state index contributed by atoms with van der Waals surface area (Å²) in [6, 6.07) is 5.98. The lowest BCUT2D eigenvalue weighted by molar-refractivity contribution is -0.154. The van der Waals surface area contributed by atoms with Crippen molar-refractivity contribution in [2.45, 2.75) is 52.2 Å². The van der Waals surface area contributed by atoms with Gasteiger partial charge in [0.25, 0.3) is 0 Å². The molecule has 0 bridgehead atoms. The molecule has 0 aliphatic heterocycles. The van der Waals surface area contributed by atoms with E-state index in [-0.39, 0.29) is 12.5 Å².